The maximum absolute atomic E-state index is 6.24. The van der Waals surface area contributed by atoms with Crippen LogP contribution >= 0.6 is 22.6 Å². The smallest absolute Gasteiger partial charge is 0.204 e. The van der Waals surface area contributed by atoms with E-state index in [-0.39, 0.29) is 0 Å². The fourth-order valence-corrected chi connectivity index (χ4v) is 0.185. The number of hydrogen-bond acceptors (Lipinski definition) is 3. The number of nitrogens with one attached hydrogen (secondary N) is 1. The molecular weight excluding hydrogens is 195 g/mol. The highest BCUT2D eigenvalue weighted by Crippen LogP contribution is 1.70. The van der Waals surface area contributed by atoms with Gasteiger partial charge in [-0.15, -0.1) is 0 Å². The Kier molecular flexibility index (Phi) is 4.76. The van der Waals surface area contributed by atoms with Gasteiger partial charge < -0.3 is 4.84 Å². The summed E-state index contributed by atoms with van der Waals surface area (Å²) in [7, 11) is 0. The fourth-order valence-electron chi connectivity index (χ4n) is 0.0534. The summed E-state index contributed by atoms with van der Waals surface area (Å²) < 4.78 is 1.43. The van der Waals surface area contributed by atoms with E-state index in [1.807, 2.05) is 22.6 Å². The molecule has 4 heteroatoms. The van der Waals surface area contributed by atoms with Gasteiger partial charge in [-0.25, -0.2) is 0 Å². The third kappa shape index (κ3) is 3.87. The summed E-state index contributed by atoms with van der Waals surface area (Å²) in [6.07, 6.45) is 0.759. The molecule has 0 heterocycles. The second kappa shape index (κ2) is 4.87. The zero-order chi connectivity index (χ0) is 4.83. The Morgan fingerprint density at radius 3 is 2.67 bits per heavy atom. The third-order valence-electron chi connectivity index (χ3n) is 0.153. The van der Waals surface area contributed by atoms with Gasteiger partial charge in [-0.1, -0.05) is 5.16 Å². The van der Waals surface area contributed by atoms with E-state index in [4.69, 9.17) is 5.41 Å². The van der Waals surface area contributed by atoms with E-state index >= 15 is 0 Å². The first kappa shape index (κ1) is 5.87. The van der Waals surface area contributed by atoms with E-state index in [0.717, 1.165) is 6.40 Å². The minimum atomic E-state index is 0.759. The average molecular weight is 198 g/mol. The van der Waals surface area contributed by atoms with E-state index in [1.54, 1.807) is 0 Å². The van der Waals surface area contributed by atoms with Crippen LogP contribution in [0.4, 0.5) is 0 Å². The summed E-state index contributed by atoms with van der Waals surface area (Å²) in [6, 6.07) is 0. The van der Waals surface area contributed by atoms with Gasteiger partial charge in [-0.3, -0.25) is 5.41 Å². The normalized spacial score (nSPS) is 8.83. The van der Waals surface area contributed by atoms with Gasteiger partial charge >= 0.3 is 0 Å². The molecule has 0 saturated heterocycles. The Labute approximate surface area is 49.0 Å². The average Bonchev–Trinajstić information content (AvgIpc) is 1.61. The molecule has 0 aliphatic carbocycles. The molecule has 0 spiro atoms. The van der Waals surface area contributed by atoms with E-state index < -0.39 is 0 Å². The van der Waals surface area contributed by atoms with E-state index in [1.165, 1.54) is 4.22 Å². The van der Waals surface area contributed by atoms with Crippen LogP contribution < -0.4 is 0 Å². The van der Waals surface area contributed by atoms with Crippen molar-refractivity contribution >= 4 is 33.2 Å². The molecule has 3 nitrogen and oxygen atoms in total. The van der Waals surface area contributed by atoms with Gasteiger partial charge in [0.1, 0.15) is 4.22 Å². The van der Waals surface area contributed by atoms with Crippen LogP contribution in [-0.4, -0.2) is 10.6 Å². The molecule has 0 bridgehead atoms. The molecule has 0 atom stereocenters. The molecule has 0 aromatic heterocycles. The van der Waals surface area contributed by atoms with Crippen LogP contribution in [0.25, 0.3) is 0 Å². The topological polar surface area (TPSA) is 45.4 Å². The van der Waals surface area contributed by atoms with Crippen LogP contribution in [0.15, 0.2) is 5.16 Å². The first-order valence-electron chi connectivity index (χ1n) is 1.18. The van der Waals surface area contributed by atoms with Crippen molar-refractivity contribution in [2.24, 2.45) is 5.16 Å². The van der Waals surface area contributed by atoms with Gasteiger partial charge in [-0.2, -0.15) is 0 Å². The number of halogens is 1. The lowest BCUT2D eigenvalue weighted by Gasteiger charge is -1.75. The van der Waals surface area contributed by atoms with Crippen molar-refractivity contribution in [3.63, 3.8) is 0 Å². The van der Waals surface area contributed by atoms with Gasteiger partial charge in [0.15, 0.2) is 0 Å². The molecule has 0 aromatic rings. The van der Waals surface area contributed by atoms with Gasteiger partial charge in [0.2, 0.25) is 6.40 Å². The standard InChI is InChI=1S/C2H3IN2O/c3-1-5-6-2-4/h1-2,4H/b4-2?,5-1-. The maximum atomic E-state index is 6.24. The molecule has 0 aromatic carbocycles. The summed E-state index contributed by atoms with van der Waals surface area (Å²) in [6.45, 7) is 0. The van der Waals surface area contributed by atoms with Crippen molar-refractivity contribution in [3.05, 3.63) is 0 Å². The van der Waals surface area contributed by atoms with Crippen LogP contribution in [0.3, 0.4) is 0 Å². The molecule has 1 N–H and O–H groups in total. The summed E-state index contributed by atoms with van der Waals surface area (Å²) in [5.74, 6) is 0. The molecule has 0 radical (unpaired) electrons. The van der Waals surface area contributed by atoms with Gasteiger partial charge in [-0.05, 0) is 22.6 Å². The monoisotopic (exact) mass is 198 g/mol. The lowest BCUT2D eigenvalue weighted by molar-refractivity contribution is 0.346. The molecule has 0 amide bonds. The van der Waals surface area contributed by atoms with Gasteiger partial charge in [0.25, 0.3) is 0 Å². The highest BCUT2D eigenvalue weighted by atomic mass is 127. The SMILES string of the molecule is N=CO/N=C\I. The fraction of sp³-hybridized carbons (Fsp3) is 0. The van der Waals surface area contributed by atoms with E-state index in [9.17, 15) is 0 Å². The molecular formula is C2H3IN2O. The Balaban J connectivity index is 2.85. The van der Waals surface area contributed by atoms with Crippen molar-refractivity contribution in [1.82, 2.24) is 0 Å². The van der Waals surface area contributed by atoms with Crippen molar-refractivity contribution < 1.29 is 4.84 Å². The summed E-state index contributed by atoms with van der Waals surface area (Å²) in [4.78, 5) is 4.09. The van der Waals surface area contributed by atoms with Crippen molar-refractivity contribution in [1.29, 1.82) is 5.41 Å². The van der Waals surface area contributed by atoms with Crippen LogP contribution in [0.2, 0.25) is 0 Å². The van der Waals surface area contributed by atoms with Crippen LogP contribution in [0, 0.1) is 5.41 Å². The number of hydrogen-bond donors (Lipinski definition) is 1. The molecule has 0 aliphatic rings. The van der Waals surface area contributed by atoms with Crippen molar-refractivity contribution in [2.45, 2.75) is 0 Å². The van der Waals surface area contributed by atoms with Crippen LogP contribution in [0.5, 0.6) is 0 Å². The lowest BCUT2D eigenvalue weighted by atomic mass is 11.5. The zero-order valence-electron chi connectivity index (χ0n) is 2.89. The second-order valence-corrected chi connectivity index (χ2v) is 0.983. The number of oxime groups is 1. The number of nitrogens with zero attached hydrogens (tertiary/aromatic N) is 1. The van der Waals surface area contributed by atoms with E-state index in [2.05, 4.69) is 9.99 Å². The maximum Gasteiger partial charge on any atom is 0.204 e. The molecule has 0 saturated carbocycles. The van der Waals surface area contributed by atoms with Crippen molar-refractivity contribution in [3.8, 4) is 0 Å². The van der Waals surface area contributed by atoms with Gasteiger partial charge in [0, 0.05) is 0 Å². The van der Waals surface area contributed by atoms with E-state index in [0.29, 0.717) is 0 Å². The summed E-state index contributed by atoms with van der Waals surface area (Å²) in [5.41, 5.74) is 0. The van der Waals surface area contributed by atoms with Crippen LogP contribution in [0.1, 0.15) is 0 Å². The summed E-state index contributed by atoms with van der Waals surface area (Å²) >= 11 is 1.89. The Bertz CT molecular complexity index is 62.6. The molecule has 34 valence electrons. The quantitative estimate of drug-likeness (QED) is 0.305. The predicted molar refractivity (Wildman–Crippen MR) is 32.4 cm³/mol. The zero-order valence-corrected chi connectivity index (χ0v) is 5.05. The highest BCUT2D eigenvalue weighted by Gasteiger charge is 1.56. The highest BCUT2D eigenvalue weighted by molar-refractivity contribution is 14.1. The Morgan fingerprint density at radius 2 is 2.50 bits per heavy atom. The first-order valence-corrected chi connectivity index (χ1v) is 2.43. The summed E-state index contributed by atoms with van der Waals surface area (Å²) in [5, 5.41) is 9.45. The molecule has 0 aliphatic heterocycles. The first-order chi connectivity index (χ1) is 2.91. The minimum absolute atomic E-state index is 0.759. The van der Waals surface area contributed by atoms with Crippen LogP contribution in [-0.2, 0) is 4.84 Å². The molecule has 0 rings (SSSR count). The van der Waals surface area contributed by atoms with Crippen molar-refractivity contribution in [2.75, 3.05) is 0 Å². The predicted octanol–water partition coefficient (Wildman–Crippen LogP) is 0.988. The third-order valence-corrected chi connectivity index (χ3v) is 0.381. The lowest BCUT2D eigenvalue weighted by Crippen LogP contribution is -1.68. The molecule has 6 heavy (non-hydrogen) atoms. The molecule has 0 unspecified atom stereocenters. The Hall–Kier alpha value is -0.130. The second-order valence-electron chi connectivity index (χ2n) is 0.426. The number of rotatable bonds is 2. The molecule has 0 fully saturated rings. The Morgan fingerprint density at radius 1 is 1.83 bits per heavy atom. The van der Waals surface area contributed by atoms with Gasteiger partial charge in [0.05, 0.1) is 0 Å². The largest absolute Gasteiger partial charge is 0.345 e. The minimum Gasteiger partial charge on any atom is -0.345 e.